The Morgan fingerprint density at radius 2 is 2.18 bits per heavy atom. The molecule has 0 aromatic heterocycles. The molecule has 1 unspecified atom stereocenters. The number of nitro groups is 1. The maximum absolute atomic E-state index is 10.9. The summed E-state index contributed by atoms with van der Waals surface area (Å²) in [5, 5.41) is 14.2. The summed E-state index contributed by atoms with van der Waals surface area (Å²) in [7, 11) is 1.97. The van der Waals surface area contributed by atoms with Crippen LogP contribution in [0, 0.1) is 16.0 Å². The highest BCUT2D eigenvalue weighted by Crippen LogP contribution is 2.34. The van der Waals surface area contributed by atoms with Gasteiger partial charge in [0.1, 0.15) is 0 Å². The maximum Gasteiger partial charge on any atom is 0.272 e. The summed E-state index contributed by atoms with van der Waals surface area (Å²) in [5.74, 6) is 0.780. The minimum atomic E-state index is -0.291. The summed E-state index contributed by atoms with van der Waals surface area (Å²) in [6, 6.07) is 7.54. The Hall–Kier alpha value is -1.42. The second-order valence-electron chi connectivity index (χ2n) is 4.66. The van der Waals surface area contributed by atoms with Crippen LogP contribution in [0.4, 0.5) is 5.69 Å². The topological polar surface area (TPSA) is 55.2 Å². The van der Waals surface area contributed by atoms with Crippen LogP contribution < -0.4 is 5.32 Å². The van der Waals surface area contributed by atoms with Crippen molar-refractivity contribution in [3.63, 3.8) is 0 Å². The van der Waals surface area contributed by atoms with Crippen LogP contribution in [0.15, 0.2) is 24.3 Å². The van der Waals surface area contributed by atoms with Gasteiger partial charge in [-0.15, -0.1) is 0 Å². The molecule has 1 fully saturated rings. The fourth-order valence-corrected chi connectivity index (χ4v) is 2.33. The van der Waals surface area contributed by atoms with Crippen LogP contribution in [0.2, 0.25) is 0 Å². The highest BCUT2D eigenvalue weighted by atomic mass is 16.6. The molecule has 0 spiro atoms. The lowest BCUT2D eigenvalue weighted by Gasteiger charge is -2.14. The molecule has 1 N–H and O–H groups in total. The van der Waals surface area contributed by atoms with Crippen molar-refractivity contribution in [3.05, 3.63) is 39.9 Å². The van der Waals surface area contributed by atoms with E-state index in [-0.39, 0.29) is 10.6 Å². The molecule has 2 rings (SSSR count). The molecule has 0 aliphatic heterocycles. The predicted octanol–water partition coefficient (Wildman–Crippen LogP) is 2.53. The third kappa shape index (κ3) is 3.03. The van der Waals surface area contributed by atoms with Crippen LogP contribution in [0.3, 0.4) is 0 Å². The van der Waals surface area contributed by atoms with Crippen LogP contribution >= 0.6 is 0 Å². The predicted molar refractivity (Wildman–Crippen MR) is 67.0 cm³/mol. The van der Waals surface area contributed by atoms with Crippen molar-refractivity contribution >= 4 is 5.69 Å². The number of nitro benzene ring substituents is 1. The largest absolute Gasteiger partial charge is 0.317 e. The Morgan fingerprint density at radius 3 is 2.76 bits per heavy atom. The van der Waals surface area contributed by atoms with E-state index in [1.807, 2.05) is 19.2 Å². The summed E-state index contributed by atoms with van der Waals surface area (Å²) in [4.78, 5) is 10.6. The minimum Gasteiger partial charge on any atom is -0.317 e. The van der Waals surface area contributed by atoms with Crippen LogP contribution in [-0.2, 0) is 6.42 Å². The van der Waals surface area contributed by atoms with E-state index in [2.05, 4.69) is 5.32 Å². The van der Waals surface area contributed by atoms with E-state index in [0.717, 1.165) is 24.3 Å². The van der Waals surface area contributed by atoms with Crippen molar-refractivity contribution in [1.29, 1.82) is 0 Å². The molecule has 0 heterocycles. The van der Waals surface area contributed by atoms with Crippen molar-refractivity contribution in [2.75, 3.05) is 7.05 Å². The van der Waals surface area contributed by atoms with Gasteiger partial charge in [-0.2, -0.15) is 0 Å². The number of nitrogens with zero attached hydrogens (tertiary/aromatic N) is 1. The molecule has 1 aromatic carbocycles. The lowest BCUT2D eigenvalue weighted by molar-refractivity contribution is -0.385. The second kappa shape index (κ2) is 5.27. The summed E-state index contributed by atoms with van der Waals surface area (Å²) in [6.07, 6.45) is 4.34. The Labute approximate surface area is 101 Å². The lowest BCUT2D eigenvalue weighted by Crippen LogP contribution is -2.27. The van der Waals surface area contributed by atoms with Crippen molar-refractivity contribution < 1.29 is 4.92 Å². The Balaban J connectivity index is 2.00. The number of aryl methyl sites for hydroxylation is 1. The first-order chi connectivity index (χ1) is 8.22. The average molecular weight is 234 g/mol. The van der Waals surface area contributed by atoms with Crippen molar-refractivity contribution in [3.8, 4) is 0 Å². The number of rotatable bonds is 6. The van der Waals surface area contributed by atoms with Crippen molar-refractivity contribution in [2.45, 2.75) is 31.7 Å². The van der Waals surface area contributed by atoms with Gasteiger partial charge >= 0.3 is 0 Å². The standard InChI is InChI=1S/C13H18N2O2/c1-14-12(10-6-7-10)9-8-11-4-2-3-5-13(11)15(16)17/h2-5,10,12,14H,6-9H2,1H3. The zero-order valence-electron chi connectivity index (χ0n) is 10.1. The average Bonchev–Trinajstić information content (AvgIpc) is 3.14. The van der Waals surface area contributed by atoms with Gasteiger partial charge in [0.15, 0.2) is 0 Å². The highest BCUT2D eigenvalue weighted by molar-refractivity contribution is 5.39. The normalized spacial score (nSPS) is 16.8. The van der Waals surface area contributed by atoms with Gasteiger partial charge in [-0.05, 0) is 38.6 Å². The molecule has 1 aromatic rings. The molecule has 4 heteroatoms. The molecular formula is C13H18N2O2. The lowest BCUT2D eigenvalue weighted by atomic mass is 10.0. The summed E-state index contributed by atoms with van der Waals surface area (Å²) < 4.78 is 0. The third-order valence-corrected chi connectivity index (χ3v) is 3.47. The van der Waals surface area contributed by atoms with Gasteiger partial charge in [0.25, 0.3) is 5.69 Å². The van der Waals surface area contributed by atoms with E-state index in [1.54, 1.807) is 12.1 Å². The van der Waals surface area contributed by atoms with Crippen LogP contribution in [-0.4, -0.2) is 18.0 Å². The molecule has 92 valence electrons. The Morgan fingerprint density at radius 1 is 1.47 bits per heavy atom. The third-order valence-electron chi connectivity index (χ3n) is 3.47. The first-order valence-electron chi connectivity index (χ1n) is 6.12. The molecule has 0 amide bonds. The number of hydrogen-bond acceptors (Lipinski definition) is 3. The van der Waals surface area contributed by atoms with Gasteiger partial charge in [-0.3, -0.25) is 10.1 Å². The molecular weight excluding hydrogens is 216 g/mol. The van der Waals surface area contributed by atoms with Crippen molar-refractivity contribution in [2.24, 2.45) is 5.92 Å². The van der Waals surface area contributed by atoms with E-state index < -0.39 is 0 Å². The van der Waals surface area contributed by atoms with Crippen LogP contribution in [0.5, 0.6) is 0 Å². The van der Waals surface area contributed by atoms with E-state index in [0.29, 0.717) is 6.04 Å². The molecule has 0 radical (unpaired) electrons. The molecule has 1 aliphatic carbocycles. The number of para-hydroxylation sites is 1. The fourth-order valence-electron chi connectivity index (χ4n) is 2.33. The van der Waals surface area contributed by atoms with Gasteiger partial charge < -0.3 is 5.32 Å². The highest BCUT2D eigenvalue weighted by Gasteiger charge is 2.30. The monoisotopic (exact) mass is 234 g/mol. The zero-order valence-corrected chi connectivity index (χ0v) is 10.1. The first kappa shape index (κ1) is 12.0. The first-order valence-corrected chi connectivity index (χ1v) is 6.12. The second-order valence-corrected chi connectivity index (χ2v) is 4.66. The van der Waals surface area contributed by atoms with E-state index in [1.165, 1.54) is 12.8 Å². The van der Waals surface area contributed by atoms with Gasteiger partial charge in [-0.25, -0.2) is 0 Å². The minimum absolute atomic E-state index is 0.248. The smallest absolute Gasteiger partial charge is 0.272 e. The molecule has 17 heavy (non-hydrogen) atoms. The van der Waals surface area contributed by atoms with Gasteiger partial charge in [0.05, 0.1) is 4.92 Å². The van der Waals surface area contributed by atoms with Gasteiger partial charge in [0, 0.05) is 17.7 Å². The molecule has 4 nitrogen and oxygen atoms in total. The summed E-state index contributed by atoms with van der Waals surface area (Å²) in [5.41, 5.74) is 1.09. The van der Waals surface area contributed by atoms with E-state index in [4.69, 9.17) is 0 Å². The summed E-state index contributed by atoms with van der Waals surface area (Å²) >= 11 is 0. The van der Waals surface area contributed by atoms with E-state index in [9.17, 15) is 10.1 Å². The van der Waals surface area contributed by atoms with Crippen LogP contribution in [0.1, 0.15) is 24.8 Å². The molecule has 0 saturated heterocycles. The number of hydrogen-bond donors (Lipinski definition) is 1. The fraction of sp³-hybridized carbons (Fsp3) is 0.538. The number of nitrogens with one attached hydrogen (secondary N) is 1. The molecule has 0 bridgehead atoms. The quantitative estimate of drug-likeness (QED) is 0.608. The van der Waals surface area contributed by atoms with Crippen molar-refractivity contribution in [1.82, 2.24) is 5.32 Å². The van der Waals surface area contributed by atoms with E-state index >= 15 is 0 Å². The maximum atomic E-state index is 10.9. The van der Waals surface area contributed by atoms with Gasteiger partial charge in [0.2, 0.25) is 0 Å². The molecule has 1 saturated carbocycles. The zero-order chi connectivity index (χ0) is 12.3. The molecule has 1 aliphatic rings. The summed E-state index contributed by atoms with van der Waals surface area (Å²) in [6.45, 7) is 0. The van der Waals surface area contributed by atoms with Gasteiger partial charge in [-0.1, -0.05) is 18.2 Å². The molecule has 1 atom stereocenters. The SMILES string of the molecule is CNC(CCc1ccccc1[N+](=O)[O-])C1CC1. The Kier molecular flexibility index (Phi) is 3.74. The number of benzene rings is 1. The Bertz CT molecular complexity index is 402. The van der Waals surface area contributed by atoms with Crippen LogP contribution in [0.25, 0.3) is 0 Å².